The monoisotopic (exact) mass is 451 g/mol. The Balaban J connectivity index is 1.53. The first kappa shape index (κ1) is 20.3. The number of halogens is 3. The van der Waals surface area contributed by atoms with Gasteiger partial charge in [-0.05, 0) is 43.2 Å². The van der Waals surface area contributed by atoms with Crippen LogP contribution >= 0.6 is 0 Å². The summed E-state index contributed by atoms with van der Waals surface area (Å²) in [7, 11) is -2.17. The molecule has 164 valence electrons. The van der Waals surface area contributed by atoms with E-state index in [0.29, 0.717) is 19.3 Å². The highest BCUT2D eigenvalue weighted by Crippen LogP contribution is 2.49. The Hall–Kier alpha value is -2.66. The number of hydrogen-bond acceptors (Lipinski definition) is 4. The number of benzene rings is 1. The van der Waals surface area contributed by atoms with E-state index < -0.39 is 27.8 Å². The van der Waals surface area contributed by atoms with E-state index in [1.807, 2.05) is 19.3 Å². The topological polar surface area (TPSA) is 83.9 Å². The Morgan fingerprint density at radius 2 is 1.87 bits per heavy atom. The van der Waals surface area contributed by atoms with Gasteiger partial charge < -0.3 is 0 Å². The second-order valence-electron chi connectivity index (χ2n) is 8.12. The number of aryl methyl sites for hydroxylation is 1. The van der Waals surface area contributed by atoms with Crippen LogP contribution in [0.25, 0.3) is 0 Å². The van der Waals surface area contributed by atoms with E-state index in [2.05, 4.69) is 15.3 Å². The molecule has 0 aliphatic carbocycles. The van der Waals surface area contributed by atoms with E-state index in [0.717, 1.165) is 41.2 Å². The number of nitrogens with one attached hydrogen (secondary N) is 1. The summed E-state index contributed by atoms with van der Waals surface area (Å²) in [6, 6.07) is 4.84. The fourth-order valence-corrected chi connectivity index (χ4v) is 6.61. The van der Waals surface area contributed by atoms with Crippen molar-refractivity contribution in [3.05, 3.63) is 65.2 Å². The molecule has 2 aromatic heterocycles. The van der Waals surface area contributed by atoms with Crippen molar-refractivity contribution in [1.82, 2.24) is 24.3 Å². The van der Waals surface area contributed by atoms with Crippen LogP contribution in [0, 0.1) is 0 Å². The van der Waals surface area contributed by atoms with Crippen LogP contribution < -0.4 is 0 Å². The highest BCUT2D eigenvalue weighted by molar-refractivity contribution is 7.89. The lowest BCUT2D eigenvalue weighted by atomic mass is 9.78. The number of sulfonamides is 1. The van der Waals surface area contributed by atoms with Crippen molar-refractivity contribution in [2.45, 2.75) is 48.3 Å². The van der Waals surface area contributed by atoms with Gasteiger partial charge in [0.25, 0.3) is 0 Å². The number of rotatable bonds is 3. The van der Waals surface area contributed by atoms with Crippen LogP contribution in [0.2, 0.25) is 0 Å². The normalized spacial score (nSPS) is 24.2. The molecule has 2 bridgehead atoms. The first-order chi connectivity index (χ1) is 14.6. The van der Waals surface area contributed by atoms with Crippen LogP contribution in [0.1, 0.15) is 47.3 Å². The molecule has 3 unspecified atom stereocenters. The quantitative estimate of drug-likeness (QED) is 0.662. The lowest BCUT2D eigenvalue weighted by molar-refractivity contribution is -0.137. The molecule has 31 heavy (non-hydrogen) atoms. The van der Waals surface area contributed by atoms with E-state index in [1.54, 1.807) is 10.9 Å². The fraction of sp³-hybridized carbons (Fsp3) is 0.400. The molecule has 11 heteroatoms. The number of piperidine rings is 1. The molecule has 1 N–H and O–H groups in total. The third kappa shape index (κ3) is 3.35. The fourth-order valence-electron chi connectivity index (χ4n) is 4.80. The molecule has 4 heterocycles. The molecule has 0 amide bonds. The minimum absolute atomic E-state index is 0.0818. The minimum Gasteiger partial charge on any atom is -0.282 e. The van der Waals surface area contributed by atoms with E-state index >= 15 is 0 Å². The van der Waals surface area contributed by atoms with Crippen molar-refractivity contribution >= 4 is 10.0 Å². The van der Waals surface area contributed by atoms with Gasteiger partial charge in [0.15, 0.2) is 0 Å². The molecule has 1 fully saturated rings. The Morgan fingerprint density at radius 1 is 1.13 bits per heavy atom. The zero-order valence-corrected chi connectivity index (χ0v) is 17.4. The summed E-state index contributed by atoms with van der Waals surface area (Å²) in [5.41, 5.74) is 1.76. The van der Waals surface area contributed by atoms with Crippen LogP contribution in [0.15, 0.2) is 47.6 Å². The summed E-state index contributed by atoms with van der Waals surface area (Å²) >= 11 is 0. The molecular weight excluding hydrogens is 431 g/mol. The van der Waals surface area contributed by atoms with Gasteiger partial charge in [0.05, 0.1) is 28.4 Å². The third-order valence-corrected chi connectivity index (χ3v) is 8.17. The number of alkyl halides is 3. The number of aromatic nitrogens is 4. The van der Waals surface area contributed by atoms with E-state index in [9.17, 15) is 21.6 Å². The Morgan fingerprint density at radius 3 is 2.52 bits per heavy atom. The van der Waals surface area contributed by atoms with Crippen LogP contribution in [0.4, 0.5) is 13.2 Å². The Bertz CT molecular complexity index is 1220. The van der Waals surface area contributed by atoms with Crippen molar-refractivity contribution in [2.75, 3.05) is 0 Å². The standard InChI is InChI=1S/C20H20F3N5O2S/c1-27-7-6-17(26-27)12-8-14-10-18-16(11-24-25-18)19(9-12)28(14)31(29,30)15-4-2-13(3-5-15)20(21,22)23/h2-7,11-12,14,19H,8-10H2,1H3,(H,24,25). The van der Waals surface area contributed by atoms with Gasteiger partial charge in [-0.3, -0.25) is 9.78 Å². The van der Waals surface area contributed by atoms with Crippen molar-refractivity contribution in [3.8, 4) is 0 Å². The molecule has 2 aliphatic heterocycles. The predicted molar refractivity (Wildman–Crippen MR) is 104 cm³/mol. The Labute approximate surface area is 176 Å². The average Bonchev–Trinajstić information content (AvgIpc) is 3.35. The highest BCUT2D eigenvalue weighted by Gasteiger charge is 2.48. The number of aromatic amines is 1. The molecule has 3 aromatic rings. The van der Waals surface area contributed by atoms with Gasteiger partial charge in [-0.15, -0.1) is 0 Å². The van der Waals surface area contributed by atoms with Crippen molar-refractivity contribution in [2.24, 2.45) is 7.05 Å². The summed E-state index contributed by atoms with van der Waals surface area (Å²) in [5.74, 6) is 0.0818. The largest absolute Gasteiger partial charge is 0.416 e. The maximum absolute atomic E-state index is 13.5. The van der Waals surface area contributed by atoms with Gasteiger partial charge >= 0.3 is 6.18 Å². The lowest BCUT2D eigenvalue weighted by Crippen LogP contribution is -2.51. The average molecular weight is 451 g/mol. The molecule has 0 spiro atoms. The molecular formula is C20H20F3N5O2S. The van der Waals surface area contributed by atoms with Crippen molar-refractivity contribution in [1.29, 1.82) is 0 Å². The highest BCUT2D eigenvalue weighted by atomic mass is 32.2. The van der Waals surface area contributed by atoms with Gasteiger partial charge in [-0.1, -0.05) is 0 Å². The summed E-state index contributed by atoms with van der Waals surface area (Å²) in [6.45, 7) is 0. The second kappa shape index (κ2) is 6.92. The van der Waals surface area contributed by atoms with E-state index in [4.69, 9.17) is 0 Å². The summed E-state index contributed by atoms with van der Waals surface area (Å²) in [6.07, 6.45) is 0.554. The summed E-state index contributed by atoms with van der Waals surface area (Å²) in [5, 5.41) is 11.6. The van der Waals surface area contributed by atoms with Crippen LogP contribution in [-0.2, 0) is 29.7 Å². The van der Waals surface area contributed by atoms with E-state index in [1.165, 1.54) is 4.31 Å². The second-order valence-corrected chi connectivity index (χ2v) is 9.96. The zero-order valence-electron chi connectivity index (χ0n) is 16.5. The summed E-state index contributed by atoms with van der Waals surface area (Å²) < 4.78 is 69.0. The van der Waals surface area contributed by atoms with Gasteiger partial charge in [0, 0.05) is 42.9 Å². The maximum atomic E-state index is 13.5. The van der Waals surface area contributed by atoms with Crippen LogP contribution in [0.3, 0.4) is 0 Å². The van der Waals surface area contributed by atoms with Gasteiger partial charge in [-0.2, -0.15) is 27.7 Å². The third-order valence-electron chi connectivity index (χ3n) is 6.19. The zero-order chi connectivity index (χ0) is 22.0. The molecule has 5 rings (SSSR count). The van der Waals surface area contributed by atoms with Gasteiger partial charge in [0.1, 0.15) is 0 Å². The smallest absolute Gasteiger partial charge is 0.282 e. The Kier molecular flexibility index (Phi) is 4.52. The molecule has 7 nitrogen and oxygen atoms in total. The number of nitrogens with zero attached hydrogens (tertiary/aromatic N) is 4. The molecule has 1 saturated heterocycles. The summed E-state index contributed by atoms with van der Waals surface area (Å²) in [4.78, 5) is -0.140. The molecule has 3 atom stereocenters. The number of hydrogen-bond donors (Lipinski definition) is 1. The molecule has 1 aromatic carbocycles. The van der Waals surface area contributed by atoms with Gasteiger partial charge in [-0.25, -0.2) is 8.42 Å². The lowest BCUT2D eigenvalue weighted by Gasteiger charge is -2.46. The first-order valence-corrected chi connectivity index (χ1v) is 11.3. The number of fused-ring (bicyclic) bond motifs is 4. The molecule has 0 radical (unpaired) electrons. The SMILES string of the molecule is Cn1ccc(C2CC3Cc4[nH]ncc4C(C2)N3S(=O)(=O)c2ccc(C(F)(F)F)cc2)n1. The first-order valence-electron chi connectivity index (χ1n) is 9.87. The van der Waals surface area contributed by atoms with E-state index in [-0.39, 0.29) is 16.9 Å². The molecule has 0 saturated carbocycles. The minimum atomic E-state index is -4.52. The molecule has 2 aliphatic rings. The van der Waals surface area contributed by atoms with Gasteiger partial charge in [0.2, 0.25) is 10.0 Å². The maximum Gasteiger partial charge on any atom is 0.416 e. The number of H-pyrrole nitrogens is 1. The van der Waals surface area contributed by atoms with Crippen LogP contribution in [-0.4, -0.2) is 38.7 Å². The van der Waals surface area contributed by atoms with Crippen LogP contribution in [0.5, 0.6) is 0 Å². The van der Waals surface area contributed by atoms with Crippen molar-refractivity contribution < 1.29 is 21.6 Å². The predicted octanol–water partition coefficient (Wildman–Crippen LogP) is 3.40. The van der Waals surface area contributed by atoms with Crippen molar-refractivity contribution in [3.63, 3.8) is 0 Å².